The molecule has 10 heteroatoms. The average Bonchev–Trinajstić information content (AvgIpc) is 3.47. The average molecular weight is 590 g/mol. The van der Waals surface area contributed by atoms with E-state index in [0.29, 0.717) is 19.4 Å². The Kier molecular flexibility index (Phi) is 12.1. The molecule has 0 aliphatic carbocycles. The number of unbranched alkanes of at least 4 members (excludes halogenated alkanes) is 4. The number of rotatable bonds is 19. The summed E-state index contributed by atoms with van der Waals surface area (Å²) in [4.78, 5) is 40.0. The number of carboxylic acids is 2. The van der Waals surface area contributed by atoms with Crippen LogP contribution in [0.2, 0.25) is 0 Å². The minimum Gasteiger partial charge on any atom is -0.480 e. The maximum Gasteiger partial charge on any atom is 0.336 e. The van der Waals surface area contributed by atoms with Crippen molar-refractivity contribution in [3.05, 3.63) is 84.4 Å². The van der Waals surface area contributed by atoms with Crippen LogP contribution in [0.25, 0.3) is 16.3 Å². The zero-order chi connectivity index (χ0) is 30.4. The third-order valence-electron chi connectivity index (χ3n) is 7.29. The number of carbonyl (C=O) groups excluding carboxylic acids is 1. The van der Waals surface area contributed by atoms with Gasteiger partial charge in [0.25, 0.3) is 5.91 Å². The quantitative estimate of drug-likeness (QED) is 0.134. The van der Waals surface area contributed by atoms with Gasteiger partial charge in [0.2, 0.25) is 0 Å². The second-order valence-corrected chi connectivity index (χ2v) is 10.6. The minimum atomic E-state index is -1.73. The van der Waals surface area contributed by atoms with Gasteiger partial charge >= 0.3 is 11.9 Å². The lowest BCUT2D eigenvalue weighted by Crippen LogP contribution is -2.49. The Hall–Kier alpha value is -4.28. The third kappa shape index (κ3) is 9.90. The number of aliphatic carboxylic acids is 2. The standard InChI is InChI=1S/C33H39N3O7/c37-29(38)22-43-31(33(40)41)30(42-18-8-2-4-10-25-14-16-28-20-34-23-36(28)21-25)32(39)35-17-7-1-3-9-24-13-15-26-11-5-6-12-27(26)19-24/h5-6,11-16,19-21,23,30-31H,1-4,7-10,17-18,22H2,(H,35,39)(H,37,38)(H,40,41). The summed E-state index contributed by atoms with van der Waals surface area (Å²) in [5.74, 6) is -3.40. The molecule has 0 bridgehead atoms. The molecule has 43 heavy (non-hydrogen) atoms. The summed E-state index contributed by atoms with van der Waals surface area (Å²) < 4.78 is 12.7. The first-order valence-electron chi connectivity index (χ1n) is 14.7. The molecule has 2 aromatic heterocycles. The topological polar surface area (TPSA) is 139 Å². The van der Waals surface area contributed by atoms with E-state index < -0.39 is 36.7 Å². The molecule has 0 fully saturated rings. The largest absolute Gasteiger partial charge is 0.480 e. The summed E-state index contributed by atoms with van der Waals surface area (Å²) in [7, 11) is 0. The van der Waals surface area contributed by atoms with Crippen LogP contribution in [0.1, 0.15) is 49.7 Å². The first-order chi connectivity index (χ1) is 20.9. The molecule has 4 rings (SSSR count). The maximum atomic E-state index is 13.0. The van der Waals surface area contributed by atoms with E-state index in [1.807, 2.05) is 28.8 Å². The number of amides is 1. The number of benzene rings is 2. The molecule has 0 aliphatic heterocycles. The van der Waals surface area contributed by atoms with Gasteiger partial charge in [0.15, 0.2) is 12.2 Å². The number of nitrogens with one attached hydrogen (secondary N) is 1. The number of ether oxygens (including phenoxy) is 2. The molecule has 0 saturated carbocycles. The highest BCUT2D eigenvalue weighted by Crippen LogP contribution is 2.17. The summed E-state index contributed by atoms with van der Waals surface area (Å²) in [6.07, 6.45) is 9.03. The van der Waals surface area contributed by atoms with Crippen molar-refractivity contribution < 1.29 is 34.1 Å². The van der Waals surface area contributed by atoms with Crippen LogP contribution in [0.4, 0.5) is 0 Å². The molecule has 2 aromatic carbocycles. The lowest BCUT2D eigenvalue weighted by molar-refractivity contribution is -0.172. The van der Waals surface area contributed by atoms with Crippen LogP contribution in [-0.4, -0.2) is 69.4 Å². The number of aryl methyl sites for hydroxylation is 2. The molecule has 0 saturated heterocycles. The van der Waals surface area contributed by atoms with E-state index in [-0.39, 0.29) is 6.61 Å². The summed E-state index contributed by atoms with van der Waals surface area (Å²) in [6, 6.07) is 18.8. The molecule has 1 amide bonds. The molecular formula is C33H39N3O7. The Morgan fingerprint density at radius 3 is 2.35 bits per heavy atom. The van der Waals surface area contributed by atoms with E-state index in [1.165, 1.54) is 21.9 Å². The molecule has 2 unspecified atom stereocenters. The molecule has 0 spiro atoms. The fourth-order valence-corrected chi connectivity index (χ4v) is 5.02. The van der Waals surface area contributed by atoms with Crippen molar-refractivity contribution in [3.8, 4) is 0 Å². The fraction of sp³-hybridized carbons (Fsp3) is 0.394. The van der Waals surface area contributed by atoms with Crippen molar-refractivity contribution in [2.75, 3.05) is 19.8 Å². The van der Waals surface area contributed by atoms with Gasteiger partial charge in [-0.25, -0.2) is 14.6 Å². The highest BCUT2D eigenvalue weighted by Gasteiger charge is 2.36. The van der Waals surface area contributed by atoms with Gasteiger partial charge in [-0.3, -0.25) is 4.79 Å². The van der Waals surface area contributed by atoms with Crippen molar-refractivity contribution in [1.82, 2.24) is 14.7 Å². The van der Waals surface area contributed by atoms with Gasteiger partial charge in [-0.2, -0.15) is 0 Å². The van der Waals surface area contributed by atoms with E-state index in [2.05, 4.69) is 46.7 Å². The maximum absolute atomic E-state index is 13.0. The summed E-state index contributed by atoms with van der Waals surface area (Å²) in [6.45, 7) is -0.353. The van der Waals surface area contributed by atoms with Crippen molar-refractivity contribution >= 4 is 34.1 Å². The van der Waals surface area contributed by atoms with Crippen molar-refractivity contribution in [2.24, 2.45) is 0 Å². The first-order valence-corrected chi connectivity index (χ1v) is 14.7. The molecular weight excluding hydrogens is 550 g/mol. The van der Waals surface area contributed by atoms with Gasteiger partial charge in [-0.05, 0) is 66.5 Å². The van der Waals surface area contributed by atoms with Gasteiger partial charge < -0.3 is 29.4 Å². The van der Waals surface area contributed by atoms with E-state index in [0.717, 1.165) is 44.0 Å². The Bertz CT molecular complexity index is 1500. The van der Waals surface area contributed by atoms with Gasteiger partial charge in [0, 0.05) is 19.3 Å². The highest BCUT2D eigenvalue weighted by atomic mass is 16.6. The molecule has 3 N–H and O–H groups in total. The lowest BCUT2D eigenvalue weighted by atomic mass is 10.0. The molecule has 2 heterocycles. The monoisotopic (exact) mass is 589 g/mol. The van der Waals surface area contributed by atoms with Crippen LogP contribution in [0.3, 0.4) is 0 Å². The number of aromatic nitrogens is 2. The molecule has 2 atom stereocenters. The Morgan fingerprint density at radius 1 is 0.814 bits per heavy atom. The molecule has 4 aromatic rings. The van der Waals surface area contributed by atoms with E-state index >= 15 is 0 Å². The number of pyridine rings is 1. The smallest absolute Gasteiger partial charge is 0.336 e. The van der Waals surface area contributed by atoms with Gasteiger partial charge in [0.05, 0.1) is 18.0 Å². The molecule has 10 nitrogen and oxygen atoms in total. The van der Waals surface area contributed by atoms with E-state index in [9.17, 15) is 19.5 Å². The van der Waals surface area contributed by atoms with Crippen molar-refractivity contribution in [3.63, 3.8) is 0 Å². The Balaban J connectivity index is 1.20. The zero-order valence-corrected chi connectivity index (χ0v) is 24.2. The van der Waals surface area contributed by atoms with E-state index in [4.69, 9.17) is 14.6 Å². The second-order valence-electron chi connectivity index (χ2n) is 10.6. The first kappa shape index (κ1) is 31.7. The lowest BCUT2D eigenvalue weighted by Gasteiger charge is -2.23. The van der Waals surface area contributed by atoms with Crippen LogP contribution >= 0.6 is 0 Å². The van der Waals surface area contributed by atoms with Crippen LogP contribution in [-0.2, 0) is 36.7 Å². The van der Waals surface area contributed by atoms with E-state index in [1.54, 1.807) is 12.5 Å². The highest BCUT2D eigenvalue weighted by molar-refractivity contribution is 5.88. The predicted molar refractivity (Wildman–Crippen MR) is 162 cm³/mol. The van der Waals surface area contributed by atoms with Crippen LogP contribution < -0.4 is 5.32 Å². The van der Waals surface area contributed by atoms with Gasteiger partial charge in [-0.15, -0.1) is 0 Å². The number of fused-ring (bicyclic) bond motifs is 2. The van der Waals surface area contributed by atoms with Gasteiger partial charge in [0.1, 0.15) is 6.61 Å². The normalized spacial score (nSPS) is 12.7. The Morgan fingerprint density at radius 2 is 1.56 bits per heavy atom. The number of hydrogen-bond donors (Lipinski definition) is 3. The fourth-order valence-electron chi connectivity index (χ4n) is 5.02. The number of hydrogen-bond acceptors (Lipinski definition) is 6. The number of imidazole rings is 1. The molecule has 0 aliphatic rings. The SMILES string of the molecule is O=C(O)COC(C(=O)O)C(OCCCCCc1ccc2cncn2c1)C(=O)NCCCCCc1ccc2ccccc2c1. The summed E-state index contributed by atoms with van der Waals surface area (Å²) in [5, 5.41) is 23.8. The zero-order valence-electron chi connectivity index (χ0n) is 24.2. The van der Waals surface area contributed by atoms with Crippen molar-refractivity contribution in [1.29, 1.82) is 0 Å². The third-order valence-corrected chi connectivity index (χ3v) is 7.29. The van der Waals surface area contributed by atoms with Crippen LogP contribution in [0, 0.1) is 0 Å². The molecule has 228 valence electrons. The predicted octanol–water partition coefficient (Wildman–Crippen LogP) is 4.67. The minimum absolute atomic E-state index is 0.143. The van der Waals surface area contributed by atoms with Crippen LogP contribution in [0.15, 0.2) is 73.3 Å². The van der Waals surface area contributed by atoms with Crippen molar-refractivity contribution in [2.45, 2.75) is 63.6 Å². The van der Waals surface area contributed by atoms with Crippen LogP contribution in [0.5, 0.6) is 0 Å². The Labute approximate surface area is 250 Å². The molecule has 0 radical (unpaired) electrons. The van der Waals surface area contributed by atoms with Gasteiger partial charge in [-0.1, -0.05) is 61.4 Å². The summed E-state index contributed by atoms with van der Waals surface area (Å²) in [5.41, 5.74) is 3.46. The number of carboxylic acid groups (broad SMARTS) is 2. The summed E-state index contributed by atoms with van der Waals surface area (Å²) >= 11 is 0. The second kappa shape index (κ2) is 16.4. The number of carbonyl (C=O) groups is 3. The number of nitrogens with zero attached hydrogens (tertiary/aromatic N) is 2.